The summed E-state index contributed by atoms with van der Waals surface area (Å²) in [6.07, 6.45) is 1.34. The molecule has 0 spiro atoms. The van der Waals surface area contributed by atoms with E-state index in [0.717, 1.165) is 12.2 Å². The van der Waals surface area contributed by atoms with Gasteiger partial charge >= 0.3 is 0 Å². The van der Waals surface area contributed by atoms with Crippen LogP contribution in [0.3, 0.4) is 0 Å². The summed E-state index contributed by atoms with van der Waals surface area (Å²) < 4.78 is 11.4. The number of hydrogen-bond donors (Lipinski definition) is 1. The zero-order chi connectivity index (χ0) is 18.7. The maximum atomic E-state index is 12.8. The first kappa shape index (κ1) is 20.0. The Kier molecular flexibility index (Phi) is 6.35. The van der Waals surface area contributed by atoms with Crippen molar-refractivity contribution in [2.45, 2.75) is 45.3 Å². The van der Waals surface area contributed by atoms with Gasteiger partial charge in [0.05, 0.1) is 12.7 Å². The monoisotopic (exact) mass is 368 g/mol. The number of nitrogens with two attached hydrogens (primary N) is 1. The van der Waals surface area contributed by atoms with E-state index in [1.165, 1.54) is 0 Å². The van der Waals surface area contributed by atoms with Crippen molar-refractivity contribution in [2.24, 2.45) is 11.1 Å². The molecule has 0 aromatic heterocycles. The van der Waals surface area contributed by atoms with Gasteiger partial charge in [-0.1, -0.05) is 25.4 Å². The molecule has 2 unspecified atom stereocenters. The molecule has 1 aromatic carbocycles. The van der Waals surface area contributed by atoms with E-state index in [9.17, 15) is 4.79 Å². The van der Waals surface area contributed by atoms with E-state index in [1.807, 2.05) is 32.9 Å². The normalized spacial score (nSPS) is 24.5. The Morgan fingerprint density at radius 2 is 2.00 bits per heavy atom. The van der Waals surface area contributed by atoms with Crippen molar-refractivity contribution in [1.82, 2.24) is 4.90 Å². The fourth-order valence-electron chi connectivity index (χ4n) is 3.26. The van der Waals surface area contributed by atoms with E-state index in [4.69, 9.17) is 26.8 Å². The molecule has 5 nitrogen and oxygen atoms in total. The Labute approximate surface area is 155 Å². The van der Waals surface area contributed by atoms with Gasteiger partial charge in [0.1, 0.15) is 11.3 Å². The summed E-state index contributed by atoms with van der Waals surface area (Å²) in [4.78, 5) is 14.5. The minimum absolute atomic E-state index is 0.0278. The van der Waals surface area contributed by atoms with Crippen molar-refractivity contribution in [3.63, 3.8) is 0 Å². The molecule has 0 saturated heterocycles. The van der Waals surface area contributed by atoms with Crippen LogP contribution >= 0.6 is 11.6 Å². The standard InChI is InChI=1S/C19H29ClN2O3/c1-5-24-16-13-19(21,18(16,2)3)17(23)22(4)11-6-12-25-15-9-7-14(20)8-10-15/h7-10,16H,5-6,11-13,21H2,1-4H3. The van der Waals surface area contributed by atoms with Gasteiger partial charge in [-0.2, -0.15) is 0 Å². The number of carbonyl (C=O) groups is 1. The maximum absolute atomic E-state index is 12.8. The second kappa shape index (κ2) is 7.94. The zero-order valence-electron chi connectivity index (χ0n) is 15.5. The van der Waals surface area contributed by atoms with E-state index >= 15 is 0 Å². The molecule has 0 bridgehead atoms. The minimum atomic E-state index is -0.862. The quantitative estimate of drug-likeness (QED) is 0.716. The van der Waals surface area contributed by atoms with E-state index in [2.05, 4.69) is 0 Å². The first-order chi connectivity index (χ1) is 11.7. The summed E-state index contributed by atoms with van der Waals surface area (Å²) in [5.74, 6) is 0.744. The average Bonchev–Trinajstić information content (AvgIpc) is 2.59. The van der Waals surface area contributed by atoms with Crippen LogP contribution in [0.25, 0.3) is 0 Å². The smallest absolute Gasteiger partial charge is 0.243 e. The Bertz CT molecular complexity index is 591. The Balaban J connectivity index is 1.79. The number of rotatable bonds is 8. The van der Waals surface area contributed by atoms with Crippen LogP contribution in [-0.4, -0.2) is 49.3 Å². The Morgan fingerprint density at radius 1 is 1.36 bits per heavy atom. The fraction of sp³-hybridized carbons (Fsp3) is 0.632. The van der Waals surface area contributed by atoms with Gasteiger partial charge in [0.25, 0.3) is 0 Å². The Hall–Kier alpha value is -1.30. The van der Waals surface area contributed by atoms with E-state index < -0.39 is 5.54 Å². The van der Waals surface area contributed by atoms with Crippen LogP contribution in [0.15, 0.2) is 24.3 Å². The summed E-state index contributed by atoms with van der Waals surface area (Å²) in [6, 6.07) is 7.24. The van der Waals surface area contributed by atoms with Crippen molar-refractivity contribution in [3.05, 3.63) is 29.3 Å². The molecule has 2 N–H and O–H groups in total. The summed E-state index contributed by atoms with van der Waals surface area (Å²) in [5, 5.41) is 0.680. The lowest BCUT2D eigenvalue weighted by atomic mass is 9.54. The molecule has 1 saturated carbocycles. The highest BCUT2D eigenvalue weighted by Crippen LogP contribution is 2.50. The third-order valence-electron chi connectivity index (χ3n) is 5.28. The Morgan fingerprint density at radius 3 is 2.56 bits per heavy atom. The summed E-state index contributed by atoms with van der Waals surface area (Å²) in [5.41, 5.74) is 5.21. The predicted octanol–water partition coefficient (Wildman–Crippen LogP) is 3.10. The highest BCUT2D eigenvalue weighted by molar-refractivity contribution is 6.30. The number of benzene rings is 1. The number of carbonyl (C=O) groups excluding carboxylic acids is 1. The lowest BCUT2D eigenvalue weighted by Gasteiger charge is -2.58. The number of ether oxygens (including phenoxy) is 2. The van der Waals surface area contributed by atoms with Crippen molar-refractivity contribution in [1.29, 1.82) is 0 Å². The van der Waals surface area contributed by atoms with Crippen molar-refractivity contribution in [2.75, 3.05) is 26.8 Å². The molecule has 2 atom stereocenters. The molecule has 6 heteroatoms. The molecule has 1 fully saturated rings. The topological polar surface area (TPSA) is 64.8 Å². The van der Waals surface area contributed by atoms with Crippen LogP contribution < -0.4 is 10.5 Å². The fourth-order valence-corrected chi connectivity index (χ4v) is 3.39. The van der Waals surface area contributed by atoms with Gasteiger partial charge in [0.15, 0.2) is 0 Å². The molecule has 25 heavy (non-hydrogen) atoms. The summed E-state index contributed by atoms with van der Waals surface area (Å²) in [6.45, 7) is 7.73. The molecule has 1 aliphatic rings. The molecule has 1 aromatic rings. The van der Waals surface area contributed by atoms with Crippen LogP contribution in [0.4, 0.5) is 0 Å². The highest BCUT2D eigenvalue weighted by Gasteiger charge is 2.63. The molecule has 0 aliphatic heterocycles. The van der Waals surface area contributed by atoms with Gasteiger partial charge in [-0.25, -0.2) is 0 Å². The van der Waals surface area contributed by atoms with E-state index in [0.29, 0.717) is 31.2 Å². The largest absolute Gasteiger partial charge is 0.494 e. The maximum Gasteiger partial charge on any atom is 0.243 e. The highest BCUT2D eigenvalue weighted by atomic mass is 35.5. The third kappa shape index (κ3) is 4.10. The van der Waals surface area contributed by atoms with Gasteiger partial charge in [-0.3, -0.25) is 4.79 Å². The van der Waals surface area contributed by atoms with Gasteiger partial charge in [-0.15, -0.1) is 0 Å². The van der Waals surface area contributed by atoms with Crippen LogP contribution in [0.2, 0.25) is 5.02 Å². The van der Waals surface area contributed by atoms with Crippen LogP contribution in [0.1, 0.15) is 33.6 Å². The first-order valence-corrected chi connectivity index (χ1v) is 9.14. The van der Waals surface area contributed by atoms with Crippen molar-refractivity contribution >= 4 is 17.5 Å². The van der Waals surface area contributed by atoms with E-state index in [1.54, 1.807) is 24.1 Å². The number of halogens is 1. The minimum Gasteiger partial charge on any atom is -0.494 e. The molecular weight excluding hydrogens is 340 g/mol. The SMILES string of the molecule is CCOC1CC(N)(C(=O)N(C)CCCOc2ccc(Cl)cc2)C1(C)C. The molecular formula is C19H29ClN2O3. The molecule has 2 rings (SSSR count). The van der Waals surface area contributed by atoms with Gasteiger partial charge in [0, 0.05) is 37.1 Å². The second-order valence-electron chi connectivity index (χ2n) is 7.22. The third-order valence-corrected chi connectivity index (χ3v) is 5.53. The summed E-state index contributed by atoms with van der Waals surface area (Å²) in [7, 11) is 1.79. The number of hydrogen-bond acceptors (Lipinski definition) is 4. The predicted molar refractivity (Wildman–Crippen MR) is 99.9 cm³/mol. The number of nitrogens with zero attached hydrogens (tertiary/aromatic N) is 1. The zero-order valence-corrected chi connectivity index (χ0v) is 16.3. The second-order valence-corrected chi connectivity index (χ2v) is 7.66. The first-order valence-electron chi connectivity index (χ1n) is 8.76. The van der Waals surface area contributed by atoms with Crippen LogP contribution in [-0.2, 0) is 9.53 Å². The lowest BCUT2D eigenvalue weighted by molar-refractivity contribution is -0.178. The average molecular weight is 369 g/mol. The molecule has 0 heterocycles. The van der Waals surface area contributed by atoms with Crippen molar-refractivity contribution in [3.8, 4) is 5.75 Å². The molecule has 1 aliphatic carbocycles. The molecule has 1 amide bonds. The van der Waals surface area contributed by atoms with Gasteiger partial charge < -0.3 is 20.1 Å². The van der Waals surface area contributed by atoms with Gasteiger partial charge in [-0.05, 0) is 37.6 Å². The molecule has 0 radical (unpaired) electrons. The summed E-state index contributed by atoms with van der Waals surface area (Å²) >= 11 is 5.84. The number of amides is 1. The molecule has 140 valence electrons. The van der Waals surface area contributed by atoms with Crippen LogP contribution in [0, 0.1) is 5.41 Å². The van der Waals surface area contributed by atoms with E-state index in [-0.39, 0.29) is 17.4 Å². The lowest BCUT2D eigenvalue weighted by Crippen LogP contribution is -2.75. The van der Waals surface area contributed by atoms with Crippen LogP contribution in [0.5, 0.6) is 5.75 Å². The number of likely N-dealkylation sites (N-methyl/N-ethyl adjacent to an activating group) is 1. The van der Waals surface area contributed by atoms with Crippen molar-refractivity contribution < 1.29 is 14.3 Å². The van der Waals surface area contributed by atoms with Gasteiger partial charge in [0.2, 0.25) is 5.91 Å².